The molecule has 0 aliphatic carbocycles. The highest BCUT2D eigenvalue weighted by atomic mass is 16.3. The van der Waals surface area contributed by atoms with E-state index in [1.165, 1.54) is 6.42 Å². The van der Waals surface area contributed by atoms with E-state index in [1.807, 2.05) is 17.0 Å². The van der Waals surface area contributed by atoms with Gasteiger partial charge >= 0.3 is 0 Å². The molecule has 1 N–H and O–H groups in total. The SMILES string of the molecule is C[C@@H]1C[C@@H](C)CN(C(=O)CNCc2ccco2)C1. The molecule has 1 amide bonds. The summed E-state index contributed by atoms with van der Waals surface area (Å²) >= 11 is 0. The van der Waals surface area contributed by atoms with Gasteiger partial charge < -0.3 is 14.6 Å². The highest BCUT2D eigenvalue weighted by Crippen LogP contribution is 2.20. The van der Waals surface area contributed by atoms with Crippen LogP contribution >= 0.6 is 0 Å². The van der Waals surface area contributed by atoms with E-state index in [2.05, 4.69) is 19.2 Å². The third kappa shape index (κ3) is 3.60. The van der Waals surface area contributed by atoms with Gasteiger partial charge in [-0.25, -0.2) is 0 Å². The molecule has 4 heteroatoms. The fourth-order valence-corrected chi connectivity index (χ4v) is 2.68. The van der Waals surface area contributed by atoms with E-state index in [1.54, 1.807) is 6.26 Å². The van der Waals surface area contributed by atoms with Crippen molar-refractivity contribution in [3.8, 4) is 0 Å². The Morgan fingerprint density at radius 1 is 1.44 bits per heavy atom. The summed E-state index contributed by atoms with van der Waals surface area (Å²) in [5, 5.41) is 3.13. The fourth-order valence-electron chi connectivity index (χ4n) is 2.68. The zero-order valence-electron chi connectivity index (χ0n) is 11.2. The maximum atomic E-state index is 12.1. The number of carbonyl (C=O) groups excluding carboxylic acids is 1. The summed E-state index contributed by atoms with van der Waals surface area (Å²) in [6.07, 6.45) is 2.87. The van der Waals surface area contributed by atoms with E-state index in [0.29, 0.717) is 24.9 Å². The molecule has 0 saturated carbocycles. The lowest BCUT2D eigenvalue weighted by atomic mass is 9.92. The first kappa shape index (κ1) is 13.1. The Morgan fingerprint density at radius 3 is 2.78 bits per heavy atom. The first-order valence-corrected chi connectivity index (χ1v) is 6.66. The molecule has 1 saturated heterocycles. The molecule has 1 aliphatic heterocycles. The van der Waals surface area contributed by atoms with Crippen molar-refractivity contribution in [2.45, 2.75) is 26.8 Å². The average molecular weight is 250 g/mol. The number of rotatable bonds is 4. The van der Waals surface area contributed by atoms with Crippen LogP contribution in [0.1, 0.15) is 26.0 Å². The minimum atomic E-state index is 0.194. The number of piperidine rings is 1. The molecule has 0 bridgehead atoms. The molecule has 0 aromatic carbocycles. The predicted molar refractivity (Wildman–Crippen MR) is 69.9 cm³/mol. The molecule has 1 aromatic rings. The number of hydrogen-bond donors (Lipinski definition) is 1. The molecule has 0 unspecified atom stereocenters. The largest absolute Gasteiger partial charge is 0.468 e. The zero-order chi connectivity index (χ0) is 13.0. The van der Waals surface area contributed by atoms with Gasteiger partial charge in [-0.3, -0.25) is 4.79 Å². The second kappa shape index (κ2) is 6.05. The van der Waals surface area contributed by atoms with Crippen molar-refractivity contribution in [1.29, 1.82) is 0 Å². The standard InChI is InChI=1S/C14H22N2O2/c1-11-6-12(2)10-16(9-11)14(17)8-15-7-13-4-3-5-18-13/h3-5,11-12,15H,6-10H2,1-2H3/t11-,12-/m1/s1. The number of likely N-dealkylation sites (tertiary alicyclic amines) is 1. The minimum absolute atomic E-state index is 0.194. The van der Waals surface area contributed by atoms with E-state index in [4.69, 9.17) is 4.42 Å². The molecule has 2 rings (SSSR count). The molecule has 2 heterocycles. The molecule has 1 aromatic heterocycles. The number of furan rings is 1. The quantitative estimate of drug-likeness (QED) is 0.887. The number of nitrogens with one attached hydrogen (secondary N) is 1. The molecule has 2 atom stereocenters. The van der Waals surface area contributed by atoms with Crippen molar-refractivity contribution in [3.63, 3.8) is 0 Å². The van der Waals surface area contributed by atoms with Crippen molar-refractivity contribution in [3.05, 3.63) is 24.2 Å². The number of hydrogen-bond acceptors (Lipinski definition) is 3. The first-order chi connectivity index (χ1) is 8.65. The van der Waals surface area contributed by atoms with Crippen LogP contribution in [0.2, 0.25) is 0 Å². The van der Waals surface area contributed by atoms with Crippen LogP contribution in [-0.4, -0.2) is 30.4 Å². The van der Waals surface area contributed by atoms with Gasteiger partial charge in [0.2, 0.25) is 5.91 Å². The highest BCUT2D eigenvalue weighted by Gasteiger charge is 2.24. The highest BCUT2D eigenvalue weighted by molar-refractivity contribution is 5.78. The lowest BCUT2D eigenvalue weighted by Gasteiger charge is -2.35. The van der Waals surface area contributed by atoms with E-state index in [0.717, 1.165) is 18.8 Å². The lowest BCUT2D eigenvalue weighted by molar-refractivity contribution is -0.132. The van der Waals surface area contributed by atoms with E-state index >= 15 is 0 Å². The van der Waals surface area contributed by atoms with Gasteiger partial charge in [0, 0.05) is 13.1 Å². The van der Waals surface area contributed by atoms with Crippen molar-refractivity contribution in [2.24, 2.45) is 11.8 Å². The Hall–Kier alpha value is -1.29. The van der Waals surface area contributed by atoms with Gasteiger partial charge in [-0.05, 0) is 30.4 Å². The number of carbonyl (C=O) groups is 1. The molecule has 4 nitrogen and oxygen atoms in total. The normalized spacial score (nSPS) is 24.2. The summed E-state index contributed by atoms with van der Waals surface area (Å²) < 4.78 is 5.21. The summed E-state index contributed by atoms with van der Waals surface area (Å²) in [7, 11) is 0. The lowest BCUT2D eigenvalue weighted by Crippen LogP contribution is -2.45. The van der Waals surface area contributed by atoms with Crippen LogP contribution in [0.4, 0.5) is 0 Å². The Bertz CT molecular complexity index is 365. The van der Waals surface area contributed by atoms with E-state index in [-0.39, 0.29) is 5.91 Å². The van der Waals surface area contributed by atoms with Gasteiger partial charge in [0.15, 0.2) is 0 Å². The average Bonchev–Trinajstić information content (AvgIpc) is 2.80. The van der Waals surface area contributed by atoms with Gasteiger partial charge in [0.1, 0.15) is 5.76 Å². The van der Waals surface area contributed by atoms with Gasteiger partial charge in [-0.1, -0.05) is 13.8 Å². The molecule has 100 valence electrons. The Kier molecular flexibility index (Phi) is 4.42. The fraction of sp³-hybridized carbons (Fsp3) is 0.643. The van der Waals surface area contributed by atoms with E-state index in [9.17, 15) is 4.79 Å². The second-order valence-corrected chi connectivity index (χ2v) is 5.43. The van der Waals surface area contributed by atoms with Crippen LogP contribution in [0, 0.1) is 11.8 Å². The third-order valence-electron chi connectivity index (χ3n) is 3.38. The Balaban J connectivity index is 1.74. The van der Waals surface area contributed by atoms with Crippen molar-refractivity contribution >= 4 is 5.91 Å². The van der Waals surface area contributed by atoms with E-state index < -0.39 is 0 Å². The van der Waals surface area contributed by atoms with Gasteiger partial charge in [0.05, 0.1) is 19.4 Å². The van der Waals surface area contributed by atoms with Crippen LogP contribution in [-0.2, 0) is 11.3 Å². The Morgan fingerprint density at radius 2 is 2.17 bits per heavy atom. The summed E-state index contributed by atoms with van der Waals surface area (Å²) in [6, 6.07) is 3.76. The Labute approximate surface area is 108 Å². The third-order valence-corrected chi connectivity index (χ3v) is 3.38. The van der Waals surface area contributed by atoms with Crippen molar-refractivity contribution < 1.29 is 9.21 Å². The summed E-state index contributed by atoms with van der Waals surface area (Å²) in [5.41, 5.74) is 0. The molecule has 18 heavy (non-hydrogen) atoms. The monoisotopic (exact) mass is 250 g/mol. The first-order valence-electron chi connectivity index (χ1n) is 6.66. The molecule has 0 spiro atoms. The molecule has 1 aliphatic rings. The molecular formula is C14H22N2O2. The molecule has 1 fully saturated rings. The van der Waals surface area contributed by atoms with Crippen LogP contribution in [0.25, 0.3) is 0 Å². The smallest absolute Gasteiger partial charge is 0.236 e. The second-order valence-electron chi connectivity index (χ2n) is 5.43. The molecule has 0 radical (unpaired) electrons. The van der Waals surface area contributed by atoms with Gasteiger partial charge in [-0.15, -0.1) is 0 Å². The van der Waals surface area contributed by atoms with Crippen LogP contribution in [0.5, 0.6) is 0 Å². The van der Waals surface area contributed by atoms with Crippen LogP contribution < -0.4 is 5.32 Å². The maximum absolute atomic E-state index is 12.1. The zero-order valence-corrected chi connectivity index (χ0v) is 11.2. The number of amides is 1. The van der Waals surface area contributed by atoms with Crippen molar-refractivity contribution in [1.82, 2.24) is 10.2 Å². The van der Waals surface area contributed by atoms with Crippen LogP contribution in [0.3, 0.4) is 0 Å². The van der Waals surface area contributed by atoms with Gasteiger partial charge in [0.25, 0.3) is 0 Å². The summed E-state index contributed by atoms with van der Waals surface area (Å²) in [4.78, 5) is 14.0. The topological polar surface area (TPSA) is 45.5 Å². The maximum Gasteiger partial charge on any atom is 0.236 e. The van der Waals surface area contributed by atoms with Gasteiger partial charge in [-0.2, -0.15) is 0 Å². The predicted octanol–water partition coefficient (Wildman–Crippen LogP) is 1.87. The van der Waals surface area contributed by atoms with Crippen LogP contribution in [0.15, 0.2) is 22.8 Å². The summed E-state index contributed by atoms with van der Waals surface area (Å²) in [5.74, 6) is 2.29. The summed E-state index contributed by atoms with van der Waals surface area (Å²) in [6.45, 7) is 7.22. The minimum Gasteiger partial charge on any atom is -0.468 e. The van der Waals surface area contributed by atoms with Crippen molar-refractivity contribution in [2.75, 3.05) is 19.6 Å². The number of nitrogens with zero attached hydrogens (tertiary/aromatic N) is 1. The molecular weight excluding hydrogens is 228 g/mol.